The second-order valence-corrected chi connectivity index (χ2v) is 0.610. The van der Waals surface area contributed by atoms with Crippen LogP contribution in [0.15, 0.2) is 0 Å². The molecule has 0 saturated heterocycles. The Kier molecular flexibility index (Phi) is 812. The van der Waals surface area contributed by atoms with Crippen LogP contribution in [0.25, 0.3) is 0 Å². The van der Waals surface area contributed by atoms with Crippen molar-refractivity contribution in [3.8, 4) is 0 Å². The van der Waals surface area contributed by atoms with Crippen LogP contribution in [0, 0.1) is 0 Å². The topological polar surface area (TPSA) is 327 Å². The minimum atomic E-state index is -1.82. The van der Waals surface area contributed by atoms with Crippen molar-refractivity contribution in [2.75, 3.05) is 0 Å². The first-order valence-corrected chi connectivity index (χ1v) is 1.11. The van der Waals surface area contributed by atoms with E-state index >= 15 is 0 Å². The first-order chi connectivity index (χ1) is 2.64. The Hall–Kier alpha value is -0.289. The molecule has 0 unspecified atom stereocenters. The normalized spacial score (nSPS) is 2.75. The quantitative estimate of drug-likeness (QED) is 0.324. The van der Waals surface area contributed by atoms with Gasteiger partial charge in [0.25, 0.3) is 0 Å². The molecule has 110 valence electrons. The monoisotopic (exact) mass is 300 g/mol. The molecule has 18 N–H and O–H groups in total. The predicted molar refractivity (Wildman–Crippen MR) is 45.3 cm³/mol. The summed E-state index contributed by atoms with van der Waals surface area (Å²) in [6.45, 7) is 0. The van der Waals surface area contributed by atoms with Crippen molar-refractivity contribution < 1.29 is 100 Å². The van der Waals surface area contributed by atoms with Crippen molar-refractivity contribution in [2.24, 2.45) is 0 Å². The van der Waals surface area contributed by atoms with Gasteiger partial charge in [-0.2, -0.15) is 0 Å². The van der Waals surface area contributed by atoms with E-state index in [1.807, 2.05) is 0 Å². The molecule has 16 heavy (non-hydrogen) atoms. The van der Waals surface area contributed by atoms with Gasteiger partial charge in [-0.3, -0.25) is 0 Å². The molecule has 0 heterocycles. The molecule has 0 aliphatic rings. The Morgan fingerprint density at radius 2 is 0.688 bits per heavy atom. The van der Waals surface area contributed by atoms with Crippen LogP contribution < -0.4 is 18.9 Å². The van der Waals surface area contributed by atoms with Crippen molar-refractivity contribution in [1.29, 1.82) is 0 Å². The fraction of sp³-hybridized carbons (Fsp3) is 0. The summed E-state index contributed by atoms with van der Waals surface area (Å²) in [7, 11) is 0. The van der Waals surface area contributed by atoms with Gasteiger partial charge in [0.2, 0.25) is 0 Å². The number of carboxylic acid groups (broad SMARTS) is 2. The van der Waals surface area contributed by atoms with E-state index in [2.05, 4.69) is 0 Å². The summed E-state index contributed by atoms with van der Waals surface area (Å²) in [6, 6.07) is 0. The summed E-state index contributed by atoms with van der Waals surface area (Å²) in [5.74, 6) is -3.65. The number of carbonyl (C=O) groups is 2. The molecule has 12 nitrogen and oxygen atoms in total. The molecule has 0 saturated carbocycles. The fourth-order valence-electron chi connectivity index (χ4n) is 0. The standard InChI is InChI=1S/C2H2O4.Li.Ni.8H2O.H/c3-1(4)2(5)6;;;;;;;;;;;/h(H,3,4)(H,5,6);;;8*1H2;/q;+1;;;;;;;;;;-1. The molecule has 14 heteroatoms. The van der Waals surface area contributed by atoms with Crippen LogP contribution in [0.2, 0.25) is 0 Å². The third-order valence-corrected chi connectivity index (χ3v) is 0.183. The van der Waals surface area contributed by atoms with Crippen molar-refractivity contribution in [2.45, 2.75) is 0 Å². The van der Waals surface area contributed by atoms with Gasteiger partial charge in [-0.05, 0) is 0 Å². The van der Waals surface area contributed by atoms with Crippen molar-refractivity contribution in [3.05, 3.63) is 0 Å². The minimum absolute atomic E-state index is 0. The van der Waals surface area contributed by atoms with E-state index in [0.717, 1.165) is 0 Å². The molecule has 0 amide bonds. The molecule has 0 radical (unpaired) electrons. The van der Waals surface area contributed by atoms with E-state index < -0.39 is 11.9 Å². The summed E-state index contributed by atoms with van der Waals surface area (Å²) >= 11 is 0. The van der Waals surface area contributed by atoms with E-state index in [4.69, 9.17) is 19.8 Å². The van der Waals surface area contributed by atoms with Gasteiger partial charge in [0, 0.05) is 16.5 Å². The maximum atomic E-state index is 9.10. The summed E-state index contributed by atoms with van der Waals surface area (Å²) in [5, 5.41) is 14.8. The molecule has 0 bridgehead atoms. The van der Waals surface area contributed by atoms with Crippen LogP contribution in [0.5, 0.6) is 0 Å². The first kappa shape index (κ1) is 153. The smallest absolute Gasteiger partial charge is 1.00 e. The zero-order valence-corrected chi connectivity index (χ0v) is 9.01. The summed E-state index contributed by atoms with van der Waals surface area (Å²) in [4.78, 5) is 18.2. The summed E-state index contributed by atoms with van der Waals surface area (Å²) < 4.78 is 0. The average Bonchev–Trinajstić information content (AvgIpc) is 1.36. The van der Waals surface area contributed by atoms with Gasteiger partial charge in [-0.15, -0.1) is 0 Å². The van der Waals surface area contributed by atoms with Crippen LogP contribution in [0.4, 0.5) is 0 Å². The van der Waals surface area contributed by atoms with Crippen LogP contribution >= 0.6 is 0 Å². The summed E-state index contributed by atoms with van der Waals surface area (Å²) in [6.07, 6.45) is 0. The van der Waals surface area contributed by atoms with Gasteiger partial charge >= 0.3 is 30.8 Å². The maximum absolute atomic E-state index is 9.10. The molecule has 0 aliphatic heterocycles. The maximum Gasteiger partial charge on any atom is 1.00 e. The van der Waals surface area contributed by atoms with Gasteiger partial charge in [0.15, 0.2) is 0 Å². The predicted octanol–water partition coefficient (Wildman–Crippen LogP) is -10.3. The van der Waals surface area contributed by atoms with Gasteiger partial charge in [-0.25, -0.2) is 9.59 Å². The van der Waals surface area contributed by atoms with E-state index in [0.29, 0.717) is 0 Å². The molecular formula is C2H19LiNiO12. The van der Waals surface area contributed by atoms with E-state index in [9.17, 15) is 0 Å². The van der Waals surface area contributed by atoms with Crippen LogP contribution in [0.3, 0.4) is 0 Å². The fourth-order valence-corrected chi connectivity index (χ4v) is 0. The van der Waals surface area contributed by atoms with Crippen LogP contribution in [0.1, 0.15) is 1.43 Å². The molecule has 0 aromatic heterocycles. The summed E-state index contributed by atoms with van der Waals surface area (Å²) in [5.41, 5.74) is 0. The molecule has 0 atom stereocenters. The molecular weight excluding hydrogens is 282 g/mol. The third-order valence-electron chi connectivity index (χ3n) is 0.183. The van der Waals surface area contributed by atoms with Crippen molar-refractivity contribution >= 4 is 11.9 Å². The Balaban J connectivity index is -0.00000000227. The Morgan fingerprint density at radius 1 is 0.625 bits per heavy atom. The SMILES string of the molecule is O.O.O.O.O.O.O.O.O=C(O)C(=O)O.[H-].[Li+].[Ni]. The molecule has 0 rings (SSSR count). The molecule has 0 aromatic rings. The minimum Gasteiger partial charge on any atom is -1.00 e. The van der Waals surface area contributed by atoms with Crippen LogP contribution in [-0.4, -0.2) is 66.0 Å². The van der Waals surface area contributed by atoms with Gasteiger partial charge < -0.3 is 55.4 Å². The first-order valence-electron chi connectivity index (χ1n) is 1.11. The molecule has 0 aromatic carbocycles. The van der Waals surface area contributed by atoms with E-state index in [1.165, 1.54) is 0 Å². The van der Waals surface area contributed by atoms with Crippen molar-refractivity contribution in [1.82, 2.24) is 0 Å². The second kappa shape index (κ2) is 84.8. The second-order valence-electron chi connectivity index (χ2n) is 0.610. The Bertz CT molecular complexity index is 90.5. The van der Waals surface area contributed by atoms with E-state index in [1.54, 1.807) is 0 Å². The largest absolute Gasteiger partial charge is 1.00 e. The zero-order valence-electron chi connectivity index (χ0n) is 9.03. The van der Waals surface area contributed by atoms with Crippen LogP contribution in [-0.2, 0) is 26.1 Å². The van der Waals surface area contributed by atoms with E-state index in [-0.39, 0.29) is 80.6 Å². The molecule has 0 fully saturated rings. The van der Waals surface area contributed by atoms with Gasteiger partial charge in [-0.1, -0.05) is 0 Å². The number of aliphatic carboxylic acids is 2. The molecule has 0 spiro atoms. The number of hydrogen-bond donors (Lipinski definition) is 2. The third kappa shape index (κ3) is 161. The number of rotatable bonds is 0. The number of hydrogen-bond acceptors (Lipinski definition) is 2. The van der Waals surface area contributed by atoms with Gasteiger partial charge in [0.05, 0.1) is 0 Å². The average molecular weight is 301 g/mol. The zero-order chi connectivity index (χ0) is 5.15. The Labute approximate surface area is 113 Å². The van der Waals surface area contributed by atoms with Gasteiger partial charge in [0.1, 0.15) is 0 Å². The van der Waals surface area contributed by atoms with Crippen molar-refractivity contribution in [3.63, 3.8) is 0 Å². The Morgan fingerprint density at radius 3 is 0.688 bits per heavy atom. The number of carboxylic acids is 2. The molecule has 0 aliphatic carbocycles.